The van der Waals surface area contributed by atoms with Crippen LogP contribution in [0.3, 0.4) is 0 Å². The first-order valence-corrected chi connectivity index (χ1v) is 13.4. The SMILES string of the molecule is CN(C)S(=O)(=O)N(C1=C(N)NC(c2nn(Cc3ccccc3F)c3ncccc23)N=C1N)C1CCCC1. The highest BCUT2D eigenvalue weighted by atomic mass is 32.2. The average Bonchev–Trinajstić information content (AvgIpc) is 3.51. The molecule has 3 heterocycles. The van der Waals surface area contributed by atoms with Gasteiger partial charge in [0.2, 0.25) is 0 Å². The molecule has 5 rings (SSSR count). The van der Waals surface area contributed by atoms with Gasteiger partial charge in [0, 0.05) is 37.3 Å². The van der Waals surface area contributed by atoms with Gasteiger partial charge in [0.15, 0.2) is 11.8 Å². The molecule has 1 saturated carbocycles. The highest BCUT2D eigenvalue weighted by molar-refractivity contribution is 7.86. The lowest BCUT2D eigenvalue weighted by Crippen LogP contribution is -2.51. The van der Waals surface area contributed by atoms with Crippen LogP contribution < -0.4 is 16.8 Å². The van der Waals surface area contributed by atoms with Crippen LogP contribution in [-0.2, 0) is 16.8 Å². The van der Waals surface area contributed by atoms with Crippen LogP contribution in [0.25, 0.3) is 11.0 Å². The lowest BCUT2D eigenvalue weighted by Gasteiger charge is -2.36. The molecule has 1 aliphatic heterocycles. The molecule has 13 heteroatoms. The van der Waals surface area contributed by atoms with Crippen molar-refractivity contribution in [1.29, 1.82) is 0 Å². The zero-order chi connectivity index (χ0) is 26.3. The van der Waals surface area contributed by atoms with E-state index in [1.165, 1.54) is 24.5 Å². The third-order valence-electron chi connectivity index (χ3n) is 6.72. The van der Waals surface area contributed by atoms with Gasteiger partial charge in [0.1, 0.15) is 28.9 Å². The summed E-state index contributed by atoms with van der Waals surface area (Å²) < 4.78 is 45.0. The van der Waals surface area contributed by atoms with Crippen LogP contribution in [0.5, 0.6) is 0 Å². The number of pyridine rings is 1. The summed E-state index contributed by atoms with van der Waals surface area (Å²) in [6.07, 6.45) is 4.10. The van der Waals surface area contributed by atoms with Gasteiger partial charge < -0.3 is 16.8 Å². The molecule has 1 aromatic carbocycles. The fraction of sp³-hybridized carbons (Fsp3) is 0.375. The van der Waals surface area contributed by atoms with Gasteiger partial charge in [-0.05, 0) is 31.0 Å². The van der Waals surface area contributed by atoms with E-state index in [9.17, 15) is 12.8 Å². The second-order valence-electron chi connectivity index (χ2n) is 9.36. The van der Waals surface area contributed by atoms with E-state index in [0.29, 0.717) is 35.1 Å². The zero-order valence-corrected chi connectivity index (χ0v) is 21.5. The fourth-order valence-corrected chi connectivity index (χ4v) is 6.24. The number of halogens is 1. The molecule has 5 N–H and O–H groups in total. The number of aliphatic imine (C=N–C) groups is 1. The van der Waals surface area contributed by atoms with Crippen molar-refractivity contribution < 1.29 is 12.8 Å². The first kappa shape index (κ1) is 25.0. The average molecular weight is 528 g/mol. The fourth-order valence-electron chi connectivity index (χ4n) is 4.88. The molecule has 2 aliphatic rings. The Bertz CT molecular complexity index is 1490. The Morgan fingerprint density at radius 1 is 1.14 bits per heavy atom. The Morgan fingerprint density at radius 2 is 1.86 bits per heavy atom. The van der Waals surface area contributed by atoms with Gasteiger partial charge in [0.05, 0.1) is 6.54 Å². The molecule has 11 nitrogen and oxygen atoms in total. The highest BCUT2D eigenvalue weighted by Crippen LogP contribution is 2.33. The van der Waals surface area contributed by atoms with Crippen molar-refractivity contribution in [3.63, 3.8) is 0 Å². The summed E-state index contributed by atoms with van der Waals surface area (Å²) in [6.45, 7) is 0.166. The van der Waals surface area contributed by atoms with Gasteiger partial charge in [-0.2, -0.15) is 17.8 Å². The third-order valence-corrected chi connectivity index (χ3v) is 8.62. The molecule has 0 bridgehead atoms. The van der Waals surface area contributed by atoms with Crippen LogP contribution >= 0.6 is 0 Å². The van der Waals surface area contributed by atoms with Crippen LogP contribution in [0, 0.1) is 5.82 Å². The minimum atomic E-state index is -3.88. The van der Waals surface area contributed by atoms with Gasteiger partial charge in [-0.15, -0.1) is 0 Å². The maximum atomic E-state index is 14.3. The highest BCUT2D eigenvalue weighted by Gasteiger charge is 2.40. The molecule has 1 fully saturated rings. The van der Waals surface area contributed by atoms with Gasteiger partial charge in [0.25, 0.3) is 0 Å². The maximum Gasteiger partial charge on any atom is 0.304 e. The summed E-state index contributed by atoms with van der Waals surface area (Å²) in [5.74, 6) is -0.248. The van der Waals surface area contributed by atoms with Gasteiger partial charge in [-0.3, -0.25) is 0 Å². The van der Waals surface area contributed by atoms with Crippen LogP contribution in [0.15, 0.2) is 59.1 Å². The van der Waals surface area contributed by atoms with Gasteiger partial charge >= 0.3 is 10.2 Å². The van der Waals surface area contributed by atoms with Crippen LogP contribution in [-0.4, -0.2) is 57.8 Å². The number of aromatic nitrogens is 3. The Labute approximate surface area is 214 Å². The number of hydrogen-bond donors (Lipinski definition) is 3. The molecule has 2 aromatic heterocycles. The van der Waals surface area contributed by atoms with E-state index in [1.54, 1.807) is 35.1 Å². The summed E-state index contributed by atoms with van der Waals surface area (Å²) in [7, 11) is -0.929. The molecular weight excluding hydrogens is 497 g/mol. The normalized spacial score (nSPS) is 18.9. The first-order chi connectivity index (χ1) is 17.7. The lowest BCUT2D eigenvalue weighted by molar-refractivity contribution is 0.353. The molecule has 196 valence electrons. The van der Waals surface area contributed by atoms with E-state index in [2.05, 4.69) is 20.4 Å². The summed E-state index contributed by atoms with van der Waals surface area (Å²) >= 11 is 0. The number of nitrogens with zero attached hydrogens (tertiary/aromatic N) is 6. The second kappa shape index (κ2) is 9.63. The van der Waals surface area contributed by atoms with E-state index in [4.69, 9.17) is 11.5 Å². The van der Waals surface area contributed by atoms with Gasteiger partial charge in [-0.25, -0.2) is 23.4 Å². The standard InChI is InChI=1S/C24H30FN9O2S/c1-32(2)37(35,36)34(16-9-4-5-10-16)20-21(26)29-23(30-22(20)27)19-17-11-7-13-28-24(17)33(31-19)14-15-8-3-6-12-18(15)25/h3,6-8,11-13,16,23,29H,4-5,9-10,14,26H2,1-2H3,(H2,27,30). The Morgan fingerprint density at radius 3 is 2.54 bits per heavy atom. The third kappa shape index (κ3) is 4.48. The van der Waals surface area contributed by atoms with Crippen molar-refractivity contribution >= 4 is 27.1 Å². The van der Waals surface area contributed by atoms with Crippen LogP contribution in [0.2, 0.25) is 0 Å². The first-order valence-electron chi connectivity index (χ1n) is 12.0. The monoisotopic (exact) mass is 527 g/mol. The number of hydrogen-bond acceptors (Lipinski definition) is 8. The number of nitrogens with one attached hydrogen (secondary N) is 1. The molecule has 0 spiro atoms. The summed E-state index contributed by atoms with van der Waals surface area (Å²) in [6, 6.07) is 9.82. The van der Waals surface area contributed by atoms with Crippen molar-refractivity contribution in [2.45, 2.75) is 44.4 Å². The summed E-state index contributed by atoms with van der Waals surface area (Å²) in [4.78, 5) is 9.02. The number of benzene rings is 1. The minimum absolute atomic E-state index is 0.000677. The van der Waals surface area contributed by atoms with E-state index >= 15 is 0 Å². The molecular formula is C24H30FN9O2S. The molecule has 1 atom stereocenters. The molecule has 0 amide bonds. The number of amidine groups is 1. The van der Waals surface area contributed by atoms with E-state index < -0.39 is 16.4 Å². The molecule has 0 radical (unpaired) electrons. The number of rotatable bonds is 7. The second-order valence-corrected chi connectivity index (χ2v) is 11.4. The lowest BCUT2D eigenvalue weighted by atomic mass is 10.2. The summed E-state index contributed by atoms with van der Waals surface area (Å²) in [5, 5.41) is 8.48. The predicted octanol–water partition coefficient (Wildman–Crippen LogP) is 1.76. The molecule has 3 aromatic rings. The Balaban J connectivity index is 1.54. The van der Waals surface area contributed by atoms with Gasteiger partial charge in [-0.1, -0.05) is 31.0 Å². The Hall–Kier alpha value is -3.71. The molecule has 0 saturated heterocycles. The van der Waals surface area contributed by atoms with Crippen molar-refractivity contribution in [2.75, 3.05) is 14.1 Å². The van der Waals surface area contributed by atoms with Crippen molar-refractivity contribution in [1.82, 2.24) is 28.7 Å². The smallest absolute Gasteiger partial charge is 0.304 e. The van der Waals surface area contributed by atoms with Crippen LogP contribution in [0.1, 0.15) is 43.1 Å². The predicted molar refractivity (Wildman–Crippen MR) is 138 cm³/mol. The van der Waals surface area contributed by atoms with Crippen LogP contribution in [0.4, 0.5) is 4.39 Å². The molecule has 37 heavy (non-hydrogen) atoms. The van der Waals surface area contributed by atoms with Crippen molar-refractivity contribution in [3.8, 4) is 0 Å². The summed E-state index contributed by atoms with van der Waals surface area (Å²) in [5.41, 5.74) is 14.5. The minimum Gasteiger partial charge on any atom is -0.384 e. The quantitative estimate of drug-likeness (QED) is 0.424. The van der Waals surface area contributed by atoms with E-state index in [1.807, 2.05) is 6.07 Å². The van der Waals surface area contributed by atoms with E-state index in [-0.39, 0.29) is 35.8 Å². The van der Waals surface area contributed by atoms with Crippen molar-refractivity contribution in [3.05, 3.63) is 71.2 Å². The number of nitrogens with two attached hydrogens (primary N) is 2. The molecule has 1 unspecified atom stereocenters. The maximum absolute atomic E-state index is 14.3. The Kier molecular flexibility index (Phi) is 6.50. The largest absolute Gasteiger partial charge is 0.384 e. The number of fused-ring (bicyclic) bond motifs is 1. The zero-order valence-electron chi connectivity index (χ0n) is 20.7. The van der Waals surface area contributed by atoms with E-state index in [0.717, 1.165) is 17.1 Å². The van der Waals surface area contributed by atoms with Crippen molar-refractivity contribution in [2.24, 2.45) is 16.5 Å². The topological polar surface area (TPSA) is 148 Å². The molecule has 1 aliphatic carbocycles.